The Morgan fingerprint density at radius 2 is 2.03 bits per heavy atom. The van der Waals surface area contributed by atoms with Crippen molar-refractivity contribution in [2.45, 2.75) is 39.8 Å². The SMILES string of the molecule is CCOC(=O)C1=C(C)N=c2s/c(=C\c3cc(Cl)c(O)c(Br)c3)c(=O)n2[C@H]1c1ccc(OC(C)C)c(OC)c1. The summed E-state index contributed by atoms with van der Waals surface area (Å²) in [6, 6.07) is 7.74. The number of hydrogen-bond donors (Lipinski definition) is 1. The van der Waals surface area contributed by atoms with Crippen LogP contribution in [0, 0.1) is 0 Å². The summed E-state index contributed by atoms with van der Waals surface area (Å²) in [5, 5.41) is 10.1. The molecule has 2 heterocycles. The molecule has 1 aromatic heterocycles. The van der Waals surface area contributed by atoms with Crippen molar-refractivity contribution in [3.8, 4) is 17.2 Å². The Labute approximate surface area is 236 Å². The van der Waals surface area contributed by atoms with Crippen molar-refractivity contribution in [1.82, 2.24) is 4.57 Å². The average molecular weight is 622 g/mol. The van der Waals surface area contributed by atoms with Crippen molar-refractivity contribution in [2.75, 3.05) is 13.7 Å². The van der Waals surface area contributed by atoms with Gasteiger partial charge in [0, 0.05) is 0 Å². The molecular formula is C27H26BrClN2O6S. The van der Waals surface area contributed by atoms with Gasteiger partial charge in [-0.05, 0) is 85.1 Å². The molecule has 1 aliphatic heterocycles. The van der Waals surface area contributed by atoms with E-state index in [-0.39, 0.29) is 34.6 Å². The van der Waals surface area contributed by atoms with E-state index in [1.165, 1.54) is 23.0 Å². The van der Waals surface area contributed by atoms with Crippen molar-refractivity contribution in [2.24, 2.45) is 4.99 Å². The second kappa shape index (κ2) is 11.3. The number of rotatable bonds is 7. The lowest BCUT2D eigenvalue weighted by Gasteiger charge is -2.25. The van der Waals surface area contributed by atoms with Gasteiger partial charge in [-0.15, -0.1) is 0 Å². The number of esters is 1. The first-order chi connectivity index (χ1) is 18.0. The van der Waals surface area contributed by atoms with E-state index in [2.05, 4.69) is 20.9 Å². The van der Waals surface area contributed by atoms with E-state index in [1.807, 2.05) is 13.8 Å². The van der Waals surface area contributed by atoms with E-state index in [1.54, 1.807) is 50.3 Å². The highest BCUT2D eigenvalue weighted by atomic mass is 79.9. The number of methoxy groups -OCH3 is 1. The van der Waals surface area contributed by atoms with E-state index in [0.29, 0.717) is 42.1 Å². The first-order valence-corrected chi connectivity index (χ1v) is 13.8. The van der Waals surface area contributed by atoms with Gasteiger partial charge in [0.2, 0.25) is 0 Å². The number of nitrogens with zero attached hydrogens (tertiary/aromatic N) is 2. The number of carbonyl (C=O) groups excluding carboxylic acids is 1. The summed E-state index contributed by atoms with van der Waals surface area (Å²) in [7, 11) is 1.53. The Kier molecular flexibility index (Phi) is 8.34. The van der Waals surface area contributed by atoms with Gasteiger partial charge in [-0.25, -0.2) is 9.79 Å². The summed E-state index contributed by atoms with van der Waals surface area (Å²) in [5.41, 5.74) is 1.63. The maximum atomic E-state index is 13.8. The Hall–Kier alpha value is -3.08. The van der Waals surface area contributed by atoms with Gasteiger partial charge >= 0.3 is 5.97 Å². The van der Waals surface area contributed by atoms with Gasteiger partial charge in [0.05, 0.1) is 51.2 Å². The minimum absolute atomic E-state index is 0.0712. The fourth-order valence-corrected chi connectivity index (χ4v) is 6.00. The minimum Gasteiger partial charge on any atom is -0.505 e. The molecule has 0 spiro atoms. The predicted molar refractivity (Wildman–Crippen MR) is 150 cm³/mol. The number of phenols is 1. The van der Waals surface area contributed by atoms with Crippen LogP contribution in [0.3, 0.4) is 0 Å². The largest absolute Gasteiger partial charge is 0.505 e. The van der Waals surface area contributed by atoms with Crippen molar-refractivity contribution in [1.29, 1.82) is 0 Å². The first-order valence-electron chi connectivity index (χ1n) is 11.8. The molecule has 0 saturated carbocycles. The molecule has 0 amide bonds. The highest BCUT2D eigenvalue weighted by molar-refractivity contribution is 9.10. The van der Waals surface area contributed by atoms with E-state index in [0.717, 1.165) is 0 Å². The van der Waals surface area contributed by atoms with Crippen molar-refractivity contribution < 1.29 is 24.1 Å². The molecule has 11 heteroatoms. The number of allylic oxidation sites excluding steroid dienone is 1. The maximum absolute atomic E-state index is 13.8. The normalized spacial score (nSPS) is 15.4. The van der Waals surface area contributed by atoms with E-state index in [9.17, 15) is 14.7 Å². The van der Waals surface area contributed by atoms with E-state index < -0.39 is 12.0 Å². The monoisotopic (exact) mass is 620 g/mol. The van der Waals surface area contributed by atoms with Crippen molar-refractivity contribution in [3.05, 3.63) is 81.9 Å². The number of halogens is 2. The fraction of sp³-hybridized carbons (Fsp3) is 0.296. The average Bonchev–Trinajstić information content (AvgIpc) is 3.15. The Balaban J connectivity index is 1.95. The van der Waals surface area contributed by atoms with Gasteiger partial charge in [-0.2, -0.15) is 0 Å². The van der Waals surface area contributed by atoms with Crippen LogP contribution in [-0.2, 0) is 9.53 Å². The molecule has 3 aromatic rings. The summed E-state index contributed by atoms with van der Waals surface area (Å²) in [6.07, 6.45) is 1.60. The number of carbonyl (C=O) groups is 1. The molecule has 200 valence electrons. The molecule has 1 atom stereocenters. The summed E-state index contributed by atoms with van der Waals surface area (Å²) >= 11 is 10.6. The Bertz CT molecular complexity index is 1600. The zero-order valence-electron chi connectivity index (χ0n) is 21.4. The van der Waals surface area contributed by atoms with E-state index >= 15 is 0 Å². The van der Waals surface area contributed by atoms with Crippen LogP contribution in [-0.4, -0.2) is 35.5 Å². The summed E-state index contributed by atoms with van der Waals surface area (Å²) in [6.45, 7) is 7.44. The summed E-state index contributed by atoms with van der Waals surface area (Å²) in [4.78, 5) is 31.9. The van der Waals surface area contributed by atoms with Crippen LogP contribution in [0.1, 0.15) is 44.9 Å². The Morgan fingerprint density at radius 1 is 1.29 bits per heavy atom. The number of aromatic hydroxyl groups is 1. The van der Waals surface area contributed by atoms with Gasteiger partial charge in [-0.1, -0.05) is 29.0 Å². The third kappa shape index (κ3) is 5.39. The number of hydrogen-bond acceptors (Lipinski definition) is 8. The number of benzene rings is 2. The van der Waals surface area contributed by atoms with Crippen LogP contribution in [0.15, 0.2) is 55.9 Å². The molecule has 38 heavy (non-hydrogen) atoms. The molecule has 0 saturated heterocycles. The third-order valence-corrected chi connectivity index (χ3v) is 7.60. The van der Waals surface area contributed by atoms with Crippen LogP contribution in [0.5, 0.6) is 17.2 Å². The van der Waals surface area contributed by atoms with Crippen LogP contribution >= 0.6 is 38.9 Å². The highest BCUT2D eigenvalue weighted by Gasteiger charge is 2.34. The standard InChI is InChI=1S/C27H26BrClN2O6S/c1-6-36-26(34)22-14(4)30-27-31(23(22)16-7-8-19(37-13(2)3)20(12-16)35-5)25(33)21(38-27)11-15-9-17(28)24(32)18(29)10-15/h7-13,23,32H,6H2,1-5H3/b21-11-/t23-/m0/s1. The molecular weight excluding hydrogens is 596 g/mol. The molecule has 1 aliphatic rings. The number of aromatic nitrogens is 1. The van der Waals surface area contributed by atoms with Gasteiger partial charge < -0.3 is 19.3 Å². The van der Waals surface area contributed by atoms with Gasteiger partial charge in [0.15, 0.2) is 16.3 Å². The summed E-state index contributed by atoms with van der Waals surface area (Å²) < 4.78 is 19.1. The highest BCUT2D eigenvalue weighted by Crippen LogP contribution is 2.37. The van der Waals surface area contributed by atoms with Crippen LogP contribution < -0.4 is 24.4 Å². The Morgan fingerprint density at radius 3 is 2.66 bits per heavy atom. The lowest BCUT2D eigenvalue weighted by Crippen LogP contribution is -2.40. The molecule has 4 rings (SSSR count). The minimum atomic E-state index is -0.801. The third-order valence-electron chi connectivity index (χ3n) is 5.72. The maximum Gasteiger partial charge on any atom is 0.338 e. The lowest BCUT2D eigenvalue weighted by molar-refractivity contribution is -0.139. The second-order valence-corrected chi connectivity index (χ2v) is 11.0. The zero-order valence-corrected chi connectivity index (χ0v) is 24.5. The number of thiazole rings is 1. The second-order valence-electron chi connectivity index (χ2n) is 8.71. The van der Waals surface area contributed by atoms with E-state index in [4.69, 9.17) is 25.8 Å². The quantitative estimate of drug-likeness (QED) is 0.384. The zero-order chi connectivity index (χ0) is 27.7. The topological polar surface area (TPSA) is 99.4 Å². The molecule has 2 aromatic carbocycles. The summed E-state index contributed by atoms with van der Waals surface area (Å²) in [5.74, 6) is 0.383. The molecule has 0 radical (unpaired) electrons. The molecule has 8 nitrogen and oxygen atoms in total. The molecule has 0 unspecified atom stereocenters. The van der Waals surface area contributed by atoms with Crippen LogP contribution in [0.25, 0.3) is 6.08 Å². The molecule has 0 bridgehead atoms. The van der Waals surface area contributed by atoms with Crippen LogP contribution in [0.4, 0.5) is 0 Å². The first kappa shape index (κ1) is 27.9. The van der Waals surface area contributed by atoms with Gasteiger partial charge in [-0.3, -0.25) is 9.36 Å². The fourth-order valence-electron chi connectivity index (χ4n) is 4.13. The van der Waals surface area contributed by atoms with Gasteiger partial charge in [0.1, 0.15) is 5.75 Å². The predicted octanol–water partition coefficient (Wildman–Crippen LogP) is 4.72. The van der Waals surface area contributed by atoms with Crippen molar-refractivity contribution in [3.63, 3.8) is 0 Å². The number of ether oxygens (including phenoxy) is 3. The van der Waals surface area contributed by atoms with Gasteiger partial charge in [0.25, 0.3) is 5.56 Å². The van der Waals surface area contributed by atoms with Crippen molar-refractivity contribution >= 4 is 50.9 Å². The molecule has 0 aliphatic carbocycles. The molecule has 0 fully saturated rings. The molecule has 1 N–H and O–H groups in total. The number of phenolic OH excluding ortho intramolecular Hbond substituents is 1. The van der Waals surface area contributed by atoms with Crippen LogP contribution in [0.2, 0.25) is 5.02 Å². The number of fused-ring (bicyclic) bond motifs is 1. The lowest BCUT2D eigenvalue weighted by atomic mass is 9.95. The smallest absolute Gasteiger partial charge is 0.338 e.